The highest BCUT2D eigenvalue weighted by molar-refractivity contribution is 7.18. The summed E-state index contributed by atoms with van der Waals surface area (Å²) in [5, 5.41) is 6.23. The van der Waals surface area contributed by atoms with Crippen LogP contribution >= 0.6 is 11.3 Å². The van der Waals surface area contributed by atoms with Crippen LogP contribution in [0, 0.1) is 0 Å². The molecule has 1 aromatic heterocycles. The molecule has 0 radical (unpaired) electrons. The van der Waals surface area contributed by atoms with Crippen LogP contribution in [0.4, 0.5) is 0 Å². The number of benzene rings is 1. The third kappa shape index (κ3) is 2.96. The molecule has 2 heterocycles. The third-order valence-corrected chi connectivity index (χ3v) is 5.23. The molecule has 0 saturated heterocycles. The van der Waals surface area contributed by atoms with Crippen LogP contribution < -0.4 is 0 Å². The highest BCUT2D eigenvalue weighted by atomic mass is 32.1. The molecule has 0 bridgehead atoms. The predicted molar refractivity (Wildman–Crippen MR) is 90.2 cm³/mol. The first-order chi connectivity index (χ1) is 11.0. The van der Waals surface area contributed by atoms with Gasteiger partial charge in [-0.25, -0.2) is 9.99 Å². The zero-order chi connectivity index (χ0) is 16.6. The molecule has 0 aliphatic carbocycles. The van der Waals surface area contributed by atoms with Crippen LogP contribution in [0.1, 0.15) is 30.8 Å². The quantitative estimate of drug-likeness (QED) is 0.868. The summed E-state index contributed by atoms with van der Waals surface area (Å²) >= 11 is 1.59. The van der Waals surface area contributed by atoms with Crippen molar-refractivity contribution in [3.8, 4) is 0 Å². The summed E-state index contributed by atoms with van der Waals surface area (Å²) in [6, 6.07) is 7.78. The lowest BCUT2D eigenvalue weighted by Gasteiger charge is -2.26. The molecule has 1 aromatic carbocycles. The van der Waals surface area contributed by atoms with Gasteiger partial charge in [-0.15, -0.1) is 11.3 Å². The fourth-order valence-corrected chi connectivity index (χ4v) is 3.50. The average molecular weight is 330 g/mol. The predicted octanol–water partition coefficient (Wildman–Crippen LogP) is 2.42. The molecular weight excluding hydrogens is 312 g/mol. The molecule has 0 N–H and O–H groups in total. The molecule has 1 unspecified atom stereocenters. The summed E-state index contributed by atoms with van der Waals surface area (Å²) in [4.78, 5) is 30.3. The van der Waals surface area contributed by atoms with Gasteiger partial charge in [0.05, 0.1) is 16.3 Å². The summed E-state index contributed by atoms with van der Waals surface area (Å²) in [7, 11) is 3.32. The Kier molecular flexibility index (Phi) is 4.12. The number of nitrogens with zero attached hydrogens (tertiary/aromatic N) is 4. The molecule has 23 heavy (non-hydrogen) atoms. The molecule has 3 rings (SSSR count). The molecule has 1 atom stereocenters. The SMILES string of the molecule is CC(c1nc2ccccc2s1)N(C)C(=O)C1=NN(C)C(=O)CC1. The molecule has 0 fully saturated rings. The van der Waals surface area contributed by atoms with Crippen molar-refractivity contribution in [3.05, 3.63) is 29.3 Å². The van der Waals surface area contributed by atoms with Crippen molar-refractivity contribution in [2.24, 2.45) is 5.10 Å². The summed E-state index contributed by atoms with van der Waals surface area (Å²) in [5.41, 5.74) is 1.36. The first kappa shape index (κ1) is 15.6. The normalized spacial score (nSPS) is 16.4. The minimum absolute atomic E-state index is 0.0663. The fraction of sp³-hybridized carbons (Fsp3) is 0.375. The van der Waals surface area contributed by atoms with Crippen LogP contribution in [-0.4, -0.2) is 46.5 Å². The Bertz CT molecular complexity index is 765. The number of aromatic nitrogens is 1. The molecule has 2 aromatic rings. The van der Waals surface area contributed by atoms with Crippen molar-refractivity contribution in [3.63, 3.8) is 0 Å². The second-order valence-corrected chi connectivity index (χ2v) is 6.64. The number of fused-ring (bicyclic) bond motifs is 1. The number of thiazole rings is 1. The molecule has 1 aliphatic rings. The van der Waals surface area contributed by atoms with Crippen molar-refractivity contribution < 1.29 is 9.59 Å². The van der Waals surface area contributed by atoms with Gasteiger partial charge in [-0.05, 0) is 19.1 Å². The van der Waals surface area contributed by atoms with E-state index in [-0.39, 0.29) is 17.9 Å². The van der Waals surface area contributed by atoms with Crippen molar-refractivity contribution in [1.29, 1.82) is 0 Å². The standard InChI is InChI=1S/C16H18N4O2S/c1-10(15-17-11-6-4-5-7-13(11)23-15)19(2)16(22)12-8-9-14(21)20(3)18-12/h4-7,10H,8-9H2,1-3H3. The van der Waals surface area contributed by atoms with Crippen molar-refractivity contribution >= 4 is 39.1 Å². The Morgan fingerprint density at radius 1 is 1.35 bits per heavy atom. The third-order valence-electron chi connectivity index (χ3n) is 4.02. The Morgan fingerprint density at radius 3 is 2.78 bits per heavy atom. The van der Waals surface area contributed by atoms with Crippen LogP contribution in [0.3, 0.4) is 0 Å². The lowest BCUT2D eigenvalue weighted by atomic mass is 10.1. The smallest absolute Gasteiger partial charge is 0.270 e. The number of carbonyl (C=O) groups is 2. The lowest BCUT2D eigenvalue weighted by molar-refractivity contribution is -0.130. The van der Waals surface area contributed by atoms with E-state index in [0.717, 1.165) is 15.2 Å². The van der Waals surface area contributed by atoms with Crippen molar-refractivity contribution in [1.82, 2.24) is 14.9 Å². The topological polar surface area (TPSA) is 65.9 Å². The van der Waals surface area contributed by atoms with Gasteiger partial charge in [0.15, 0.2) is 0 Å². The van der Waals surface area contributed by atoms with Gasteiger partial charge in [0, 0.05) is 26.9 Å². The number of hydrogen-bond acceptors (Lipinski definition) is 5. The van der Waals surface area contributed by atoms with Crippen molar-refractivity contribution in [2.45, 2.75) is 25.8 Å². The minimum Gasteiger partial charge on any atom is -0.331 e. The second-order valence-electron chi connectivity index (χ2n) is 5.58. The number of hydrazone groups is 1. The Morgan fingerprint density at radius 2 is 2.09 bits per heavy atom. The monoisotopic (exact) mass is 330 g/mol. The summed E-state index contributed by atoms with van der Waals surface area (Å²) in [6.45, 7) is 1.95. The van der Waals surface area contributed by atoms with Crippen LogP contribution in [0.15, 0.2) is 29.4 Å². The maximum Gasteiger partial charge on any atom is 0.270 e. The van der Waals surface area contributed by atoms with E-state index in [4.69, 9.17) is 0 Å². The lowest BCUT2D eigenvalue weighted by Crippen LogP contribution is -2.39. The number of hydrogen-bond donors (Lipinski definition) is 0. The summed E-state index contributed by atoms with van der Waals surface area (Å²) in [6.07, 6.45) is 0.712. The van der Waals surface area contributed by atoms with Crippen LogP contribution in [0.25, 0.3) is 10.2 Å². The van der Waals surface area contributed by atoms with E-state index in [9.17, 15) is 9.59 Å². The molecule has 0 saturated carbocycles. The van der Waals surface area contributed by atoms with Crippen LogP contribution in [-0.2, 0) is 9.59 Å². The number of rotatable bonds is 3. The molecule has 6 nitrogen and oxygen atoms in total. The highest BCUT2D eigenvalue weighted by Gasteiger charge is 2.28. The van der Waals surface area contributed by atoms with E-state index in [1.807, 2.05) is 31.2 Å². The fourth-order valence-electron chi connectivity index (χ4n) is 2.44. The molecule has 120 valence electrons. The average Bonchev–Trinajstić information content (AvgIpc) is 2.99. The maximum atomic E-state index is 12.6. The van der Waals surface area contributed by atoms with Gasteiger partial charge >= 0.3 is 0 Å². The highest BCUT2D eigenvalue weighted by Crippen LogP contribution is 2.29. The first-order valence-electron chi connectivity index (χ1n) is 7.44. The number of para-hydroxylation sites is 1. The summed E-state index contributed by atoms with van der Waals surface area (Å²) < 4.78 is 1.11. The van der Waals surface area contributed by atoms with Crippen LogP contribution in [0.2, 0.25) is 0 Å². The maximum absolute atomic E-state index is 12.6. The molecule has 7 heteroatoms. The van der Waals surface area contributed by atoms with Gasteiger partial charge in [0.1, 0.15) is 10.7 Å². The Balaban J connectivity index is 1.81. The van der Waals surface area contributed by atoms with Gasteiger partial charge in [0.2, 0.25) is 5.91 Å². The summed E-state index contributed by atoms with van der Waals surface area (Å²) in [5.74, 6) is -0.223. The van der Waals surface area contributed by atoms with Gasteiger partial charge in [-0.2, -0.15) is 5.10 Å². The van der Waals surface area contributed by atoms with E-state index < -0.39 is 0 Å². The van der Waals surface area contributed by atoms with Crippen LogP contribution in [0.5, 0.6) is 0 Å². The van der Waals surface area contributed by atoms with E-state index >= 15 is 0 Å². The Hall–Kier alpha value is -2.28. The number of amides is 2. The number of carbonyl (C=O) groups excluding carboxylic acids is 2. The van der Waals surface area contributed by atoms with Gasteiger partial charge in [0.25, 0.3) is 5.91 Å². The van der Waals surface area contributed by atoms with Gasteiger partial charge in [-0.1, -0.05) is 12.1 Å². The molecule has 2 amide bonds. The Labute approximate surface area is 138 Å². The van der Waals surface area contributed by atoms with E-state index in [1.54, 1.807) is 30.3 Å². The largest absolute Gasteiger partial charge is 0.331 e. The van der Waals surface area contributed by atoms with E-state index in [2.05, 4.69) is 10.1 Å². The van der Waals surface area contributed by atoms with Crippen molar-refractivity contribution in [2.75, 3.05) is 14.1 Å². The van der Waals surface area contributed by atoms with Gasteiger partial charge in [-0.3, -0.25) is 9.59 Å². The molecular formula is C16H18N4O2S. The zero-order valence-corrected chi connectivity index (χ0v) is 14.1. The second kappa shape index (κ2) is 6.08. The molecule has 0 spiro atoms. The van der Waals surface area contributed by atoms with Gasteiger partial charge < -0.3 is 4.90 Å². The van der Waals surface area contributed by atoms with E-state index in [1.165, 1.54) is 5.01 Å². The zero-order valence-electron chi connectivity index (χ0n) is 13.3. The first-order valence-corrected chi connectivity index (χ1v) is 8.25. The molecule has 1 aliphatic heterocycles. The van der Waals surface area contributed by atoms with E-state index in [0.29, 0.717) is 18.6 Å². The minimum atomic E-state index is -0.156.